The van der Waals surface area contributed by atoms with Crippen LogP contribution in [0.15, 0.2) is 18.2 Å². The van der Waals surface area contributed by atoms with Gasteiger partial charge in [0, 0.05) is 17.3 Å². The molecule has 0 saturated heterocycles. The van der Waals surface area contributed by atoms with Gasteiger partial charge < -0.3 is 9.47 Å². The number of alkyl halides is 4. The normalized spacial score (nSPS) is 11.6. The molecule has 0 spiro atoms. The number of aryl methyl sites for hydroxylation is 1. The average Bonchev–Trinajstić information content (AvgIpc) is 2.33. The van der Waals surface area contributed by atoms with E-state index < -0.39 is 12.8 Å². The lowest BCUT2D eigenvalue weighted by Crippen LogP contribution is -2.18. The smallest absolute Gasteiger partial charge is 0.411 e. The topological polar surface area (TPSA) is 18.5 Å². The lowest BCUT2D eigenvalue weighted by molar-refractivity contribution is -0.174. The molecule has 0 saturated carbocycles. The molecule has 0 aliphatic carbocycles. The monoisotopic (exact) mass is 340 g/mol. The van der Waals surface area contributed by atoms with Crippen LogP contribution < -0.4 is 4.74 Å². The van der Waals surface area contributed by atoms with Crippen molar-refractivity contribution < 1.29 is 22.6 Å². The van der Waals surface area contributed by atoms with E-state index in [0.717, 1.165) is 16.9 Å². The molecule has 0 aromatic heterocycles. The van der Waals surface area contributed by atoms with Crippen molar-refractivity contribution >= 4 is 15.9 Å². The van der Waals surface area contributed by atoms with E-state index in [4.69, 9.17) is 4.74 Å². The van der Waals surface area contributed by atoms with Gasteiger partial charge in [-0.05, 0) is 13.0 Å². The summed E-state index contributed by atoms with van der Waals surface area (Å²) in [6.07, 6.45) is -3.84. The third-order valence-corrected chi connectivity index (χ3v) is 2.92. The van der Waals surface area contributed by atoms with E-state index >= 15 is 0 Å². The van der Waals surface area contributed by atoms with Crippen molar-refractivity contribution in [2.45, 2.75) is 24.9 Å². The van der Waals surface area contributed by atoms with Crippen molar-refractivity contribution in [3.8, 4) is 5.75 Å². The molecular formula is C13H16BrF3O2. The molecule has 0 amide bonds. The van der Waals surface area contributed by atoms with Gasteiger partial charge in [-0.15, -0.1) is 0 Å². The Balaban J connectivity index is 2.26. The van der Waals surface area contributed by atoms with E-state index in [1.165, 1.54) is 0 Å². The fraction of sp³-hybridized carbons (Fsp3) is 0.538. The molecule has 1 rings (SSSR count). The first-order chi connectivity index (χ1) is 8.92. The van der Waals surface area contributed by atoms with E-state index in [-0.39, 0.29) is 6.61 Å². The Labute approximate surface area is 119 Å². The molecule has 6 heteroatoms. The molecule has 0 heterocycles. The Kier molecular flexibility index (Phi) is 6.65. The average molecular weight is 341 g/mol. The van der Waals surface area contributed by atoms with E-state index in [9.17, 15) is 13.2 Å². The summed E-state index contributed by atoms with van der Waals surface area (Å²) in [7, 11) is 0. The van der Waals surface area contributed by atoms with Crippen LogP contribution in [0.1, 0.15) is 17.5 Å². The molecule has 0 unspecified atom stereocenters. The Morgan fingerprint density at radius 2 is 1.95 bits per heavy atom. The zero-order chi connectivity index (χ0) is 14.3. The summed E-state index contributed by atoms with van der Waals surface area (Å²) in [5.74, 6) is 0.748. The molecule has 0 fully saturated rings. The number of halogens is 4. The van der Waals surface area contributed by atoms with Gasteiger partial charge in [-0.25, -0.2) is 0 Å². The van der Waals surface area contributed by atoms with Gasteiger partial charge in [0.15, 0.2) is 0 Å². The fourth-order valence-corrected chi connectivity index (χ4v) is 1.92. The van der Waals surface area contributed by atoms with Crippen LogP contribution in [0.4, 0.5) is 13.2 Å². The molecule has 2 nitrogen and oxygen atoms in total. The van der Waals surface area contributed by atoms with Crippen molar-refractivity contribution in [3.05, 3.63) is 29.3 Å². The molecule has 0 aliphatic heterocycles. The number of benzene rings is 1. The first-order valence-electron chi connectivity index (χ1n) is 5.85. The van der Waals surface area contributed by atoms with Gasteiger partial charge in [0.1, 0.15) is 12.4 Å². The van der Waals surface area contributed by atoms with Gasteiger partial charge in [-0.1, -0.05) is 33.6 Å². The summed E-state index contributed by atoms with van der Waals surface area (Å²) in [4.78, 5) is 0. The summed E-state index contributed by atoms with van der Waals surface area (Å²) in [5, 5.41) is 0.675. The molecule has 1 aromatic rings. The molecule has 0 N–H and O–H groups in total. The third-order valence-electron chi connectivity index (χ3n) is 2.32. The maximum atomic E-state index is 11.8. The van der Waals surface area contributed by atoms with Crippen LogP contribution in [0.5, 0.6) is 5.75 Å². The Morgan fingerprint density at radius 1 is 1.21 bits per heavy atom. The summed E-state index contributed by atoms with van der Waals surface area (Å²) in [6.45, 7) is 1.15. The number of hydrogen-bond acceptors (Lipinski definition) is 2. The first kappa shape index (κ1) is 16.3. The summed E-state index contributed by atoms with van der Waals surface area (Å²) in [6, 6.07) is 5.80. The standard InChI is InChI=1S/C13H16BrF3O2/c1-10-3-4-12(11(7-10)8-14)19-6-2-5-18-9-13(15,16)17/h3-4,7H,2,5-6,8-9H2,1H3. The highest BCUT2D eigenvalue weighted by Crippen LogP contribution is 2.22. The quantitative estimate of drug-likeness (QED) is 0.546. The van der Waals surface area contributed by atoms with Crippen LogP contribution in [0.2, 0.25) is 0 Å². The van der Waals surface area contributed by atoms with Gasteiger partial charge in [-0.2, -0.15) is 13.2 Å². The third kappa shape index (κ3) is 6.82. The first-order valence-corrected chi connectivity index (χ1v) is 6.97. The maximum absolute atomic E-state index is 11.8. The highest BCUT2D eigenvalue weighted by atomic mass is 79.9. The summed E-state index contributed by atoms with van der Waals surface area (Å²) in [5.41, 5.74) is 2.16. The fourth-order valence-electron chi connectivity index (χ4n) is 1.48. The molecular weight excluding hydrogens is 325 g/mol. The van der Waals surface area contributed by atoms with Crippen LogP contribution in [0.3, 0.4) is 0 Å². The van der Waals surface area contributed by atoms with Gasteiger partial charge in [-0.3, -0.25) is 0 Å². The predicted octanol–water partition coefficient (Wildman–Crippen LogP) is 4.24. The summed E-state index contributed by atoms with van der Waals surface area (Å²) < 4.78 is 45.4. The van der Waals surface area contributed by atoms with Crippen molar-refractivity contribution in [1.29, 1.82) is 0 Å². The van der Waals surface area contributed by atoms with Gasteiger partial charge in [0.2, 0.25) is 0 Å². The molecule has 0 radical (unpaired) electrons. The minimum Gasteiger partial charge on any atom is -0.493 e. The highest BCUT2D eigenvalue weighted by Gasteiger charge is 2.27. The van der Waals surface area contributed by atoms with Crippen molar-refractivity contribution in [2.75, 3.05) is 19.8 Å². The maximum Gasteiger partial charge on any atom is 0.411 e. The van der Waals surface area contributed by atoms with Crippen LogP contribution in [-0.4, -0.2) is 26.0 Å². The van der Waals surface area contributed by atoms with Gasteiger partial charge in [0.25, 0.3) is 0 Å². The second-order valence-electron chi connectivity index (χ2n) is 4.11. The minimum atomic E-state index is -4.26. The van der Waals surface area contributed by atoms with E-state index in [2.05, 4.69) is 20.7 Å². The van der Waals surface area contributed by atoms with Crippen LogP contribution >= 0.6 is 15.9 Å². The second-order valence-corrected chi connectivity index (χ2v) is 4.68. The Hall–Kier alpha value is -0.750. The van der Waals surface area contributed by atoms with Crippen LogP contribution in [-0.2, 0) is 10.1 Å². The van der Waals surface area contributed by atoms with Crippen LogP contribution in [0.25, 0.3) is 0 Å². The molecule has 0 aliphatic rings. The SMILES string of the molecule is Cc1ccc(OCCCOCC(F)(F)F)c(CBr)c1. The molecule has 0 bridgehead atoms. The lowest BCUT2D eigenvalue weighted by Gasteiger charge is -2.11. The van der Waals surface area contributed by atoms with Crippen LogP contribution in [0, 0.1) is 6.92 Å². The molecule has 19 heavy (non-hydrogen) atoms. The number of hydrogen-bond donors (Lipinski definition) is 0. The Morgan fingerprint density at radius 3 is 2.58 bits per heavy atom. The number of ether oxygens (including phenoxy) is 2. The minimum absolute atomic E-state index is 0.0367. The zero-order valence-electron chi connectivity index (χ0n) is 10.6. The van der Waals surface area contributed by atoms with Gasteiger partial charge in [0.05, 0.1) is 13.2 Å². The number of rotatable bonds is 7. The van der Waals surface area contributed by atoms with Crippen molar-refractivity contribution in [3.63, 3.8) is 0 Å². The lowest BCUT2D eigenvalue weighted by atomic mass is 10.1. The molecule has 108 valence electrons. The van der Waals surface area contributed by atoms with Gasteiger partial charge >= 0.3 is 6.18 Å². The highest BCUT2D eigenvalue weighted by molar-refractivity contribution is 9.08. The Bertz CT molecular complexity index is 394. The predicted molar refractivity (Wildman–Crippen MR) is 70.8 cm³/mol. The largest absolute Gasteiger partial charge is 0.493 e. The van der Waals surface area contributed by atoms with E-state index in [0.29, 0.717) is 18.4 Å². The van der Waals surface area contributed by atoms with E-state index in [1.54, 1.807) is 0 Å². The molecule has 0 atom stereocenters. The summed E-state index contributed by atoms with van der Waals surface area (Å²) >= 11 is 3.37. The van der Waals surface area contributed by atoms with E-state index in [1.807, 2.05) is 25.1 Å². The second kappa shape index (κ2) is 7.75. The zero-order valence-corrected chi connectivity index (χ0v) is 12.2. The van der Waals surface area contributed by atoms with Crippen molar-refractivity contribution in [1.82, 2.24) is 0 Å². The van der Waals surface area contributed by atoms with Crippen molar-refractivity contribution in [2.24, 2.45) is 0 Å². The molecule has 1 aromatic carbocycles.